The molecule has 4 heteroatoms. The minimum Gasteiger partial charge on any atom is -0.392 e. The van der Waals surface area contributed by atoms with E-state index in [4.69, 9.17) is 11.6 Å². The van der Waals surface area contributed by atoms with E-state index in [2.05, 4.69) is 15.9 Å². The first-order valence-corrected chi connectivity index (χ1v) is 4.66. The van der Waals surface area contributed by atoms with Gasteiger partial charge in [0.2, 0.25) is 0 Å². The number of nitrogens with zero attached hydrogens (tertiary/aromatic N) is 1. The SMILES string of the molecule is N/C(Br)=C\N(N)Cc1ccccc1. The molecule has 0 unspecified atom stereocenters. The predicted molar refractivity (Wildman–Crippen MR) is 57.4 cm³/mol. The van der Waals surface area contributed by atoms with Crippen molar-refractivity contribution in [3.63, 3.8) is 0 Å². The van der Waals surface area contributed by atoms with Gasteiger partial charge in [0, 0.05) is 6.20 Å². The average Bonchev–Trinajstić information content (AvgIpc) is 2.04. The zero-order chi connectivity index (χ0) is 9.68. The van der Waals surface area contributed by atoms with Crippen LogP contribution in [-0.2, 0) is 6.54 Å². The highest BCUT2D eigenvalue weighted by Crippen LogP contribution is 2.03. The van der Waals surface area contributed by atoms with E-state index in [0.717, 1.165) is 5.56 Å². The summed E-state index contributed by atoms with van der Waals surface area (Å²) in [6.45, 7) is 0.646. The number of hydrogen-bond acceptors (Lipinski definition) is 3. The van der Waals surface area contributed by atoms with Crippen LogP contribution in [0.1, 0.15) is 5.56 Å². The first-order valence-electron chi connectivity index (χ1n) is 3.86. The fourth-order valence-corrected chi connectivity index (χ4v) is 1.26. The molecule has 0 spiro atoms. The summed E-state index contributed by atoms with van der Waals surface area (Å²) in [4.78, 5) is 0. The summed E-state index contributed by atoms with van der Waals surface area (Å²) in [5.41, 5.74) is 6.55. The van der Waals surface area contributed by atoms with Crippen LogP contribution in [-0.4, -0.2) is 5.01 Å². The molecule has 4 N–H and O–H groups in total. The van der Waals surface area contributed by atoms with Gasteiger partial charge in [0.05, 0.1) is 11.2 Å². The molecule has 1 rings (SSSR count). The van der Waals surface area contributed by atoms with Crippen LogP contribution in [0.25, 0.3) is 0 Å². The van der Waals surface area contributed by atoms with Crippen LogP contribution in [0.5, 0.6) is 0 Å². The molecule has 0 bridgehead atoms. The van der Waals surface area contributed by atoms with Crippen molar-refractivity contribution in [1.82, 2.24) is 5.01 Å². The van der Waals surface area contributed by atoms with E-state index in [1.165, 1.54) is 5.01 Å². The lowest BCUT2D eigenvalue weighted by atomic mass is 10.2. The third kappa shape index (κ3) is 3.96. The van der Waals surface area contributed by atoms with E-state index in [1.807, 2.05) is 30.3 Å². The lowest BCUT2D eigenvalue weighted by Crippen LogP contribution is -2.25. The smallest absolute Gasteiger partial charge is 0.0930 e. The number of hydrazine groups is 1. The van der Waals surface area contributed by atoms with E-state index in [9.17, 15) is 0 Å². The fourth-order valence-electron chi connectivity index (χ4n) is 0.998. The van der Waals surface area contributed by atoms with Gasteiger partial charge in [0.1, 0.15) is 0 Å². The molecule has 0 aliphatic heterocycles. The molecule has 1 aromatic rings. The Labute approximate surface area is 86.1 Å². The van der Waals surface area contributed by atoms with Crippen LogP contribution in [0.15, 0.2) is 41.1 Å². The van der Waals surface area contributed by atoms with Crippen molar-refractivity contribution in [3.05, 3.63) is 46.7 Å². The van der Waals surface area contributed by atoms with E-state index in [-0.39, 0.29) is 0 Å². The van der Waals surface area contributed by atoms with Gasteiger partial charge in [-0.3, -0.25) is 0 Å². The van der Waals surface area contributed by atoms with Gasteiger partial charge in [0.15, 0.2) is 0 Å². The number of nitrogens with two attached hydrogens (primary N) is 2. The first-order chi connectivity index (χ1) is 6.18. The van der Waals surface area contributed by atoms with Gasteiger partial charge in [-0.05, 0) is 21.5 Å². The average molecular weight is 242 g/mol. The van der Waals surface area contributed by atoms with Crippen molar-refractivity contribution in [1.29, 1.82) is 0 Å². The third-order valence-electron chi connectivity index (χ3n) is 1.50. The summed E-state index contributed by atoms with van der Waals surface area (Å²) >= 11 is 3.11. The molecule has 0 fully saturated rings. The highest BCUT2D eigenvalue weighted by Gasteiger charge is 1.95. The Bertz CT molecular complexity index is 280. The van der Waals surface area contributed by atoms with Crippen molar-refractivity contribution >= 4 is 15.9 Å². The Morgan fingerprint density at radius 2 is 2.00 bits per heavy atom. The summed E-state index contributed by atoms with van der Waals surface area (Å²) < 4.78 is 0.519. The van der Waals surface area contributed by atoms with E-state index < -0.39 is 0 Å². The topological polar surface area (TPSA) is 55.3 Å². The van der Waals surface area contributed by atoms with Crippen molar-refractivity contribution in [2.45, 2.75) is 6.54 Å². The molecule has 3 nitrogen and oxygen atoms in total. The lowest BCUT2D eigenvalue weighted by Gasteiger charge is -2.13. The quantitative estimate of drug-likeness (QED) is 0.480. The lowest BCUT2D eigenvalue weighted by molar-refractivity contribution is 0.385. The largest absolute Gasteiger partial charge is 0.392 e. The molecule has 0 saturated carbocycles. The van der Waals surface area contributed by atoms with Crippen LogP contribution in [0.2, 0.25) is 0 Å². The van der Waals surface area contributed by atoms with Gasteiger partial charge < -0.3 is 10.7 Å². The molecule has 13 heavy (non-hydrogen) atoms. The summed E-state index contributed by atoms with van der Waals surface area (Å²) in [5, 5.41) is 1.53. The second kappa shape index (κ2) is 4.89. The Morgan fingerprint density at radius 1 is 1.38 bits per heavy atom. The van der Waals surface area contributed by atoms with Crippen molar-refractivity contribution in [2.24, 2.45) is 11.6 Å². The zero-order valence-corrected chi connectivity index (χ0v) is 8.74. The molecular weight excluding hydrogens is 230 g/mol. The minimum absolute atomic E-state index is 0.519. The number of hydrogen-bond donors (Lipinski definition) is 2. The predicted octanol–water partition coefficient (Wildman–Crippen LogP) is 1.51. The summed E-state index contributed by atoms with van der Waals surface area (Å²) in [6.07, 6.45) is 1.63. The molecule has 0 saturated heterocycles. The minimum atomic E-state index is 0.519. The Balaban J connectivity index is 2.55. The van der Waals surface area contributed by atoms with Crippen LogP contribution < -0.4 is 11.6 Å². The fraction of sp³-hybridized carbons (Fsp3) is 0.111. The number of benzene rings is 1. The standard InChI is InChI=1S/C9H12BrN3/c10-9(11)7-13(12)6-8-4-2-1-3-5-8/h1-5,7H,6,11-12H2/b9-7-. The van der Waals surface area contributed by atoms with E-state index >= 15 is 0 Å². The van der Waals surface area contributed by atoms with Crippen molar-refractivity contribution in [2.75, 3.05) is 0 Å². The Morgan fingerprint density at radius 3 is 2.54 bits per heavy atom. The molecule has 0 atom stereocenters. The van der Waals surface area contributed by atoms with Crippen LogP contribution >= 0.6 is 15.9 Å². The molecule has 0 aromatic heterocycles. The monoisotopic (exact) mass is 241 g/mol. The maximum atomic E-state index is 5.65. The van der Waals surface area contributed by atoms with Gasteiger partial charge in [0.25, 0.3) is 0 Å². The molecule has 1 aromatic carbocycles. The third-order valence-corrected chi connectivity index (χ3v) is 1.70. The van der Waals surface area contributed by atoms with Crippen molar-refractivity contribution in [3.8, 4) is 0 Å². The maximum Gasteiger partial charge on any atom is 0.0930 e. The summed E-state index contributed by atoms with van der Waals surface area (Å²) in [5.74, 6) is 5.65. The normalized spacial score (nSPS) is 11.4. The molecular formula is C9H12BrN3. The summed E-state index contributed by atoms with van der Waals surface area (Å²) in [6, 6.07) is 9.95. The molecule has 0 amide bonds. The highest BCUT2D eigenvalue weighted by molar-refractivity contribution is 9.11. The molecule has 0 radical (unpaired) electrons. The number of rotatable bonds is 3. The van der Waals surface area contributed by atoms with Gasteiger partial charge in [-0.1, -0.05) is 30.3 Å². The molecule has 70 valence electrons. The molecule has 0 aliphatic rings. The number of halogens is 1. The van der Waals surface area contributed by atoms with Crippen molar-refractivity contribution < 1.29 is 0 Å². The second-order valence-electron chi connectivity index (χ2n) is 2.67. The van der Waals surface area contributed by atoms with E-state index in [0.29, 0.717) is 11.2 Å². The van der Waals surface area contributed by atoms with Gasteiger partial charge in [-0.15, -0.1) is 0 Å². The summed E-state index contributed by atoms with van der Waals surface area (Å²) in [7, 11) is 0. The van der Waals surface area contributed by atoms with Crippen LogP contribution in [0, 0.1) is 0 Å². The molecule has 0 aliphatic carbocycles. The zero-order valence-electron chi connectivity index (χ0n) is 7.15. The first kappa shape index (κ1) is 10.1. The van der Waals surface area contributed by atoms with Crippen LogP contribution in [0.4, 0.5) is 0 Å². The maximum absolute atomic E-state index is 5.65. The Kier molecular flexibility index (Phi) is 3.79. The van der Waals surface area contributed by atoms with Gasteiger partial charge in [-0.2, -0.15) is 0 Å². The second-order valence-corrected chi connectivity index (χ2v) is 3.59. The van der Waals surface area contributed by atoms with Crippen LogP contribution in [0.3, 0.4) is 0 Å². The van der Waals surface area contributed by atoms with Gasteiger partial charge in [-0.25, -0.2) is 5.84 Å². The van der Waals surface area contributed by atoms with E-state index in [1.54, 1.807) is 6.20 Å². The van der Waals surface area contributed by atoms with Gasteiger partial charge >= 0.3 is 0 Å². The highest BCUT2D eigenvalue weighted by atomic mass is 79.9. The Hall–Kier alpha value is -1.00. The molecule has 0 heterocycles.